The molecule has 180 valence electrons. The Morgan fingerprint density at radius 3 is 2.50 bits per heavy atom. The molecule has 1 aromatic heterocycles. The van der Waals surface area contributed by atoms with Crippen molar-refractivity contribution in [3.63, 3.8) is 0 Å². The summed E-state index contributed by atoms with van der Waals surface area (Å²) in [7, 11) is -2.52. The molecule has 3 aromatic rings. The Bertz CT molecular complexity index is 1310. The fraction of sp³-hybridized carbons (Fsp3) is 0.304. The molecule has 0 saturated heterocycles. The van der Waals surface area contributed by atoms with Crippen LogP contribution in [0.25, 0.3) is 11.1 Å². The Morgan fingerprint density at radius 2 is 1.85 bits per heavy atom. The average molecular weight is 485 g/mol. The zero-order valence-electron chi connectivity index (χ0n) is 19.1. The zero-order valence-corrected chi connectivity index (χ0v) is 19.9. The van der Waals surface area contributed by atoms with Crippen LogP contribution in [0, 0.1) is 0 Å². The van der Waals surface area contributed by atoms with E-state index >= 15 is 0 Å². The van der Waals surface area contributed by atoms with Gasteiger partial charge in [0.2, 0.25) is 5.95 Å². The van der Waals surface area contributed by atoms with Gasteiger partial charge in [0.25, 0.3) is 0 Å². The summed E-state index contributed by atoms with van der Waals surface area (Å²) in [6, 6.07) is 10.5. The first-order valence-corrected chi connectivity index (χ1v) is 12.2. The molecule has 0 aliphatic heterocycles. The van der Waals surface area contributed by atoms with Crippen LogP contribution in [-0.4, -0.2) is 42.4 Å². The van der Waals surface area contributed by atoms with Crippen LogP contribution in [0.3, 0.4) is 0 Å². The third kappa shape index (κ3) is 5.15. The number of anilines is 3. The van der Waals surface area contributed by atoms with Crippen LogP contribution in [0.15, 0.2) is 42.6 Å². The van der Waals surface area contributed by atoms with Gasteiger partial charge in [0.05, 0.1) is 12.2 Å². The Balaban J connectivity index is 1.84. The molecule has 1 aliphatic rings. The monoisotopic (exact) mass is 484 g/mol. The molecular weight excluding hydrogens is 456 g/mol. The molecule has 4 rings (SSSR count). The van der Waals surface area contributed by atoms with Gasteiger partial charge in [0.1, 0.15) is 11.6 Å². The van der Waals surface area contributed by atoms with Crippen molar-refractivity contribution < 1.29 is 17.3 Å². The molecule has 1 heterocycles. The smallest absolute Gasteiger partial charge is 0.385 e. The third-order valence-electron chi connectivity index (χ3n) is 5.52. The Hall–Kier alpha value is -3.57. The Kier molecular flexibility index (Phi) is 6.49. The highest BCUT2D eigenvalue weighted by Gasteiger charge is 2.36. The van der Waals surface area contributed by atoms with Crippen LogP contribution in [0.1, 0.15) is 30.9 Å². The molecular formula is C23H28N6O4S. The summed E-state index contributed by atoms with van der Waals surface area (Å²) in [6.45, 7) is 2.21. The number of aromatic nitrogens is 2. The predicted molar refractivity (Wildman–Crippen MR) is 131 cm³/mol. The summed E-state index contributed by atoms with van der Waals surface area (Å²) in [5, 5.41) is 0. The van der Waals surface area contributed by atoms with Crippen LogP contribution in [0.4, 0.5) is 17.5 Å². The van der Waals surface area contributed by atoms with E-state index in [0.29, 0.717) is 46.7 Å². The maximum atomic E-state index is 13.0. The van der Waals surface area contributed by atoms with Gasteiger partial charge in [0.15, 0.2) is 5.75 Å². The lowest BCUT2D eigenvalue weighted by Crippen LogP contribution is -2.32. The fourth-order valence-corrected chi connectivity index (χ4v) is 4.70. The minimum atomic E-state index is -4.05. The first-order chi connectivity index (χ1) is 16.2. The molecule has 6 N–H and O–H groups in total. The quantitative estimate of drug-likeness (QED) is 0.388. The summed E-state index contributed by atoms with van der Waals surface area (Å²) < 4.78 is 39.0. The molecule has 1 saturated carbocycles. The highest BCUT2D eigenvalue weighted by Crippen LogP contribution is 2.42. The average Bonchev–Trinajstić information content (AvgIpc) is 3.60. The summed E-state index contributed by atoms with van der Waals surface area (Å²) in [5.74, 6) is 0.911. The van der Waals surface area contributed by atoms with Crippen LogP contribution in [0.5, 0.6) is 11.5 Å². The standard InChI is InChI=1S/C23H28N6O4S/c1-3-32-19-10-14(9-16-13-27-23(26)28-22(16)25)11-20(21(19)15-5-4-6-17(24)12-15)33-34(30,31)29(2)18-7-8-18/h4-6,10-13,18H,3,7-9,24H2,1-2H3,(H4,25,26,27,28). The molecule has 1 fully saturated rings. The van der Waals surface area contributed by atoms with E-state index in [1.165, 1.54) is 11.4 Å². The molecule has 0 unspecified atom stereocenters. The molecule has 10 nitrogen and oxygen atoms in total. The van der Waals surface area contributed by atoms with Gasteiger partial charge in [-0.1, -0.05) is 12.1 Å². The Morgan fingerprint density at radius 1 is 1.12 bits per heavy atom. The minimum absolute atomic E-state index is 0.0536. The number of nitrogens with zero attached hydrogens (tertiary/aromatic N) is 3. The SMILES string of the molecule is CCOc1cc(Cc2cnc(N)nc2N)cc(OS(=O)(=O)N(C)C2CC2)c1-c1cccc(N)c1. The lowest BCUT2D eigenvalue weighted by atomic mass is 9.98. The van der Waals surface area contributed by atoms with Gasteiger partial charge in [-0.25, -0.2) is 4.98 Å². The van der Waals surface area contributed by atoms with E-state index in [0.717, 1.165) is 12.8 Å². The van der Waals surface area contributed by atoms with Crippen molar-refractivity contribution >= 4 is 27.8 Å². The maximum absolute atomic E-state index is 13.0. The first-order valence-electron chi connectivity index (χ1n) is 10.9. The van der Waals surface area contributed by atoms with Crippen LogP contribution >= 0.6 is 0 Å². The lowest BCUT2D eigenvalue weighted by Gasteiger charge is -2.21. The van der Waals surface area contributed by atoms with Gasteiger partial charge in [-0.15, -0.1) is 0 Å². The molecule has 34 heavy (non-hydrogen) atoms. The summed E-state index contributed by atoms with van der Waals surface area (Å²) in [5.41, 5.74) is 20.7. The maximum Gasteiger partial charge on any atom is 0.385 e. The van der Waals surface area contributed by atoms with Crippen molar-refractivity contribution in [2.75, 3.05) is 30.9 Å². The number of nitrogens with two attached hydrogens (primary N) is 3. The third-order valence-corrected chi connectivity index (χ3v) is 6.91. The summed E-state index contributed by atoms with van der Waals surface area (Å²) >= 11 is 0. The largest absolute Gasteiger partial charge is 0.493 e. The van der Waals surface area contributed by atoms with Crippen LogP contribution in [0.2, 0.25) is 0 Å². The molecule has 0 atom stereocenters. The second-order valence-corrected chi connectivity index (χ2v) is 9.73. The molecule has 0 amide bonds. The van der Waals surface area contributed by atoms with Gasteiger partial charge in [0, 0.05) is 37.0 Å². The molecule has 1 aliphatic carbocycles. The van der Waals surface area contributed by atoms with Gasteiger partial charge < -0.3 is 26.1 Å². The van der Waals surface area contributed by atoms with Crippen molar-refractivity contribution in [3.05, 3.63) is 53.7 Å². The van der Waals surface area contributed by atoms with Crippen LogP contribution < -0.4 is 26.1 Å². The predicted octanol–water partition coefficient (Wildman–Crippen LogP) is 2.60. The normalized spacial score (nSPS) is 13.7. The summed E-state index contributed by atoms with van der Waals surface area (Å²) in [6.07, 6.45) is 3.48. The van der Waals surface area contributed by atoms with E-state index in [1.54, 1.807) is 30.5 Å². The molecule has 0 spiro atoms. The molecule has 0 radical (unpaired) electrons. The zero-order chi connectivity index (χ0) is 24.5. The highest BCUT2D eigenvalue weighted by atomic mass is 32.2. The van der Waals surface area contributed by atoms with Crippen molar-refractivity contribution in [1.82, 2.24) is 14.3 Å². The van der Waals surface area contributed by atoms with Crippen molar-refractivity contribution in [2.45, 2.75) is 32.2 Å². The van der Waals surface area contributed by atoms with Crippen LogP contribution in [-0.2, 0) is 16.7 Å². The number of nitrogen functional groups attached to an aromatic ring is 3. The van der Waals surface area contributed by atoms with Gasteiger partial charge >= 0.3 is 10.3 Å². The Labute approximate surface area is 199 Å². The van der Waals surface area contributed by atoms with Gasteiger partial charge in [-0.2, -0.15) is 17.7 Å². The van der Waals surface area contributed by atoms with Crippen molar-refractivity contribution in [1.29, 1.82) is 0 Å². The molecule has 0 bridgehead atoms. The number of hydrogen-bond acceptors (Lipinski definition) is 9. The topological polar surface area (TPSA) is 160 Å². The van der Waals surface area contributed by atoms with E-state index in [4.69, 9.17) is 26.1 Å². The molecule has 11 heteroatoms. The van der Waals surface area contributed by atoms with E-state index in [2.05, 4.69) is 9.97 Å². The van der Waals surface area contributed by atoms with E-state index in [1.807, 2.05) is 19.1 Å². The van der Waals surface area contributed by atoms with E-state index < -0.39 is 10.3 Å². The summed E-state index contributed by atoms with van der Waals surface area (Å²) in [4.78, 5) is 8.01. The number of ether oxygens (including phenoxy) is 1. The van der Waals surface area contributed by atoms with Crippen molar-refractivity contribution in [2.24, 2.45) is 0 Å². The van der Waals surface area contributed by atoms with Gasteiger partial charge in [-0.05, 0) is 55.2 Å². The second-order valence-electron chi connectivity index (χ2n) is 8.13. The van der Waals surface area contributed by atoms with E-state index in [9.17, 15) is 8.42 Å². The lowest BCUT2D eigenvalue weighted by molar-refractivity contribution is 0.339. The van der Waals surface area contributed by atoms with Gasteiger partial charge in [-0.3, -0.25) is 0 Å². The number of benzene rings is 2. The first kappa shape index (κ1) is 23.6. The van der Waals surface area contributed by atoms with Crippen molar-refractivity contribution in [3.8, 4) is 22.6 Å². The number of hydrogen-bond donors (Lipinski definition) is 3. The second kappa shape index (κ2) is 9.35. The molecule has 2 aromatic carbocycles. The number of rotatable bonds is 9. The fourth-order valence-electron chi connectivity index (χ4n) is 3.64. The minimum Gasteiger partial charge on any atom is -0.493 e. The highest BCUT2D eigenvalue weighted by molar-refractivity contribution is 7.84. The van der Waals surface area contributed by atoms with E-state index in [-0.39, 0.29) is 23.6 Å².